The normalized spacial score (nSPS) is 11.2. The summed E-state index contributed by atoms with van der Waals surface area (Å²) >= 11 is 1.52. The lowest BCUT2D eigenvalue weighted by molar-refractivity contribution is 0.670. The van der Waals surface area contributed by atoms with Crippen molar-refractivity contribution < 1.29 is 0 Å². The fourth-order valence-corrected chi connectivity index (χ4v) is 2.49. The molecule has 0 aliphatic rings. The van der Waals surface area contributed by atoms with Crippen molar-refractivity contribution in [2.75, 3.05) is 6.26 Å². The summed E-state index contributed by atoms with van der Waals surface area (Å²) in [5.41, 5.74) is 3.48. The lowest BCUT2D eigenvalue weighted by Crippen LogP contribution is -2.01. The van der Waals surface area contributed by atoms with Crippen LogP contribution >= 0.6 is 11.8 Å². The molecule has 3 aromatic rings. The standard InChI is InChI=1S/C18H18N4S/c1-14-8-10-16(11-9-14)13-22-17(20-18(21-22)23-2)19-12-15-6-4-3-5-7-15/h3-12H,13H2,1-2H3/b19-12-. The Bertz CT molecular complexity index is 792. The van der Waals surface area contributed by atoms with Crippen molar-refractivity contribution in [2.45, 2.75) is 18.6 Å². The number of hydrogen-bond donors (Lipinski definition) is 0. The van der Waals surface area contributed by atoms with E-state index < -0.39 is 0 Å². The van der Waals surface area contributed by atoms with Crippen LogP contribution in [-0.4, -0.2) is 27.2 Å². The highest BCUT2D eigenvalue weighted by Gasteiger charge is 2.08. The van der Waals surface area contributed by atoms with Gasteiger partial charge < -0.3 is 0 Å². The molecule has 5 heteroatoms. The number of aliphatic imine (C=N–C) groups is 1. The molecular weight excluding hydrogens is 304 g/mol. The molecule has 0 radical (unpaired) electrons. The average Bonchev–Trinajstić information content (AvgIpc) is 2.98. The smallest absolute Gasteiger partial charge is 0.225 e. The summed E-state index contributed by atoms with van der Waals surface area (Å²) in [7, 11) is 0. The van der Waals surface area contributed by atoms with E-state index in [9.17, 15) is 0 Å². The highest BCUT2D eigenvalue weighted by atomic mass is 32.2. The van der Waals surface area contributed by atoms with E-state index >= 15 is 0 Å². The SMILES string of the molecule is CSc1nc(/N=C\c2ccccc2)n(Cc2ccc(C)cc2)n1. The van der Waals surface area contributed by atoms with Crippen LogP contribution in [-0.2, 0) is 6.54 Å². The predicted octanol–water partition coefficient (Wildman–Crippen LogP) is 4.11. The van der Waals surface area contributed by atoms with Gasteiger partial charge in [-0.25, -0.2) is 9.67 Å². The number of aryl methyl sites for hydroxylation is 1. The highest BCUT2D eigenvalue weighted by molar-refractivity contribution is 7.98. The fourth-order valence-electron chi connectivity index (χ4n) is 2.14. The summed E-state index contributed by atoms with van der Waals surface area (Å²) in [6.07, 6.45) is 3.79. The lowest BCUT2D eigenvalue weighted by atomic mass is 10.1. The molecule has 4 nitrogen and oxygen atoms in total. The number of hydrogen-bond acceptors (Lipinski definition) is 4. The van der Waals surface area contributed by atoms with Crippen molar-refractivity contribution >= 4 is 23.9 Å². The highest BCUT2D eigenvalue weighted by Crippen LogP contribution is 2.18. The van der Waals surface area contributed by atoms with E-state index in [1.54, 1.807) is 0 Å². The minimum atomic E-state index is 0.624. The van der Waals surface area contributed by atoms with Gasteiger partial charge >= 0.3 is 0 Å². The molecule has 0 N–H and O–H groups in total. The number of thioether (sulfide) groups is 1. The van der Waals surface area contributed by atoms with Gasteiger partial charge in [0, 0.05) is 6.21 Å². The second kappa shape index (κ2) is 7.24. The number of benzene rings is 2. The third-order valence-electron chi connectivity index (χ3n) is 3.40. The van der Waals surface area contributed by atoms with Gasteiger partial charge in [0.2, 0.25) is 11.1 Å². The van der Waals surface area contributed by atoms with Gasteiger partial charge in [0.15, 0.2) is 0 Å². The molecule has 0 amide bonds. The molecule has 0 unspecified atom stereocenters. The molecule has 0 saturated heterocycles. The Morgan fingerprint density at radius 1 is 1.09 bits per heavy atom. The second-order valence-corrected chi connectivity index (χ2v) is 5.98. The van der Waals surface area contributed by atoms with Gasteiger partial charge in [-0.05, 0) is 24.3 Å². The molecule has 1 aromatic heterocycles. The third-order valence-corrected chi connectivity index (χ3v) is 3.94. The van der Waals surface area contributed by atoms with Crippen LogP contribution in [0, 0.1) is 6.92 Å². The maximum atomic E-state index is 4.51. The zero-order valence-electron chi connectivity index (χ0n) is 13.2. The number of rotatable bonds is 5. The summed E-state index contributed by atoms with van der Waals surface area (Å²) in [6, 6.07) is 18.4. The van der Waals surface area contributed by atoms with E-state index in [1.807, 2.05) is 47.5 Å². The van der Waals surface area contributed by atoms with Crippen LogP contribution in [0.1, 0.15) is 16.7 Å². The molecule has 0 bridgehead atoms. The van der Waals surface area contributed by atoms with Crippen LogP contribution in [0.3, 0.4) is 0 Å². The lowest BCUT2D eigenvalue weighted by Gasteiger charge is -2.03. The van der Waals surface area contributed by atoms with Crippen molar-refractivity contribution in [3.8, 4) is 0 Å². The maximum absolute atomic E-state index is 4.51. The van der Waals surface area contributed by atoms with Crippen LogP contribution in [0.5, 0.6) is 0 Å². The third kappa shape index (κ3) is 4.07. The largest absolute Gasteiger partial charge is 0.249 e. The molecule has 0 atom stereocenters. The fraction of sp³-hybridized carbons (Fsp3) is 0.167. The Morgan fingerprint density at radius 3 is 2.52 bits per heavy atom. The van der Waals surface area contributed by atoms with Crippen molar-refractivity contribution in [1.29, 1.82) is 0 Å². The van der Waals surface area contributed by atoms with Crippen molar-refractivity contribution in [3.05, 3.63) is 71.3 Å². The van der Waals surface area contributed by atoms with E-state index in [1.165, 1.54) is 22.9 Å². The Morgan fingerprint density at radius 2 is 1.83 bits per heavy atom. The number of aromatic nitrogens is 3. The first kappa shape index (κ1) is 15.5. The quantitative estimate of drug-likeness (QED) is 0.524. The molecule has 116 valence electrons. The summed E-state index contributed by atoms with van der Waals surface area (Å²) in [5, 5.41) is 5.25. The summed E-state index contributed by atoms with van der Waals surface area (Å²) in [6.45, 7) is 2.75. The Balaban J connectivity index is 1.86. The first-order chi connectivity index (χ1) is 11.2. The van der Waals surface area contributed by atoms with Gasteiger partial charge in [-0.1, -0.05) is 71.9 Å². The van der Waals surface area contributed by atoms with Gasteiger partial charge in [-0.15, -0.1) is 5.10 Å². The Kier molecular flexibility index (Phi) is 4.88. The van der Waals surface area contributed by atoms with Crippen LogP contribution in [0.15, 0.2) is 64.7 Å². The van der Waals surface area contributed by atoms with E-state index in [4.69, 9.17) is 0 Å². The monoisotopic (exact) mass is 322 g/mol. The van der Waals surface area contributed by atoms with Gasteiger partial charge in [0.25, 0.3) is 0 Å². The Hall–Kier alpha value is -2.40. The van der Waals surface area contributed by atoms with Crippen LogP contribution in [0.4, 0.5) is 5.95 Å². The first-order valence-electron chi connectivity index (χ1n) is 7.38. The minimum absolute atomic E-state index is 0.624. The molecule has 3 rings (SSSR count). The van der Waals surface area contributed by atoms with E-state index in [-0.39, 0.29) is 0 Å². The molecule has 2 aromatic carbocycles. The summed E-state index contributed by atoms with van der Waals surface area (Å²) in [4.78, 5) is 8.98. The van der Waals surface area contributed by atoms with Gasteiger partial charge in [0.1, 0.15) is 0 Å². The molecule has 0 fully saturated rings. The van der Waals surface area contributed by atoms with E-state index in [0.717, 1.165) is 10.7 Å². The average molecular weight is 322 g/mol. The molecule has 0 spiro atoms. The van der Waals surface area contributed by atoms with Gasteiger partial charge in [-0.3, -0.25) is 0 Å². The van der Waals surface area contributed by atoms with Crippen LogP contribution < -0.4 is 0 Å². The number of nitrogens with zero attached hydrogens (tertiary/aromatic N) is 4. The van der Waals surface area contributed by atoms with Crippen molar-refractivity contribution in [1.82, 2.24) is 14.8 Å². The summed E-state index contributed by atoms with van der Waals surface area (Å²) in [5.74, 6) is 0.624. The van der Waals surface area contributed by atoms with E-state index in [2.05, 4.69) is 46.3 Å². The summed E-state index contributed by atoms with van der Waals surface area (Å²) < 4.78 is 1.84. The molecule has 1 heterocycles. The molecular formula is C18H18N4S. The van der Waals surface area contributed by atoms with Crippen molar-refractivity contribution in [2.24, 2.45) is 4.99 Å². The first-order valence-corrected chi connectivity index (χ1v) is 8.60. The van der Waals surface area contributed by atoms with Gasteiger partial charge in [-0.2, -0.15) is 4.98 Å². The zero-order valence-corrected chi connectivity index (χ0v) is 14.0. The maximum Gasteiger partial charge on any atom is 0.249 e. The van der Waals surface area contributed by atoms with Crippen LogP contribution in [0.25, 0.3) is 0 Å². The van der Waals surface area contributed by atoms with Crippen LogP contribution in [0.2, 0.25) is 0 Å². The second-order valence-electron chi connectivity index (χ2n) is 5.21. The topological polar surface area (TPSA) is 43.1 Å². The van der Waals surface area contributed by atoms with E-state index in [0.29, 0.717) is 12.5 Å². The van der Waals surface area contributed by atoms with Crippen molar-refractivity contribution in [3.63, 3.8) is 0 Å². The Labute approximate surface area is 140 Å². The zero-order chi connectivity index (χ0) is 16.1. The molecule has 23 heavy (non-hydrogen) atoms. The predicted molar refractivity (Wildman–Crippen MR) is 95.8 cm³/mol. The van der Waals surface area contributed by atoms with Gasteiger partial charge in [0.05, 0.1) is 6.54 Å². The molecule has 0 aliphatic heterocycles. The molecule has 0 aliphatic carbocycles. The minimum Gasteiger partial charge on any atom is -0.225 e. The molecule has 0 saturated carbocycles.